The van der Waals surface area contributed by atoms with Crippen molar-refractivity contribution in [3.8, 4) is 6.07 Å². The Kier molecular flexibility index (Phi) is 9.61. The van der Waals surface area contributed by atoms with Crippen molar-refractivity contribution in [2.45, 2.75) is 71.3 Å². The SMILES string of the molecule is CC(C)(C)OC(=O)/C=C/[C@@](Cc1cccc(C#N)c1)(NC(=O)OC(C)(C)C)C(=O)OCc1ccccc1. The quantitative estimate of drug-likeness (QED) is 0.304. The van der Waals surface area contributed by atoms with E-state index in [4.69, 9.17) is 14.2 Å². The zero-order chi connectivity index (χ0) is 27.7. The summed E-state index contributed by atoms with van der Waals surface area (Å²) < 4.78 is 16.4. The Morgan fingerprint density at radius 1 is 0.892 bits per heavy atom. The first kappa shape index (κ1) is 29.1. The predicted molar refractivity (Wildman–Crippen MR) is 138 cm³/mol. The molecule has 0 saturated carbocycles. The molecule has 0 radical (unpaired) electrons. The second-order valence-corrected chi connectivity index (χ2v) is 10.5. The van der Waals surface area contributed by atoms with Crippen molar-refractivity contribution in [1.82, 2.24) is 5.32 Å². The maximum absolute atomic E-state index is 13.6. The molecule has 0 aliphatic rings. The van der Waals surface area contributed by atoms with Gasteiger partial charge in [0, 0.05) is 12.5 Å². The predicted octanol–water partition coefficient (Wildman–Crippen LogP) is 5.01. The molecule has 1 atom stereocenters. The van der Waals surface area contributed by atoms with Crippen LogP contribution in [0.2, 0.25) is 0 Å². The van der Waals surface area contributed by atoms with E-state index in [9.17, 15) is 19.6 Å². The number of carbonyl (C=O) groups is 3. The van der Waals surface area contributed by atoms with Crippen LogP contribution >= 0.6 is 0 Å². The van der Waals surface area contributed by atoms with Gasteiger partial charge in [-0.2, -0.15) is 5.26 Å². The van der Waals surface area contributed by atoms with Crippen LogP contribution in [0.25, 0.3) is 0 Å². The number of carbonyl (C=O) groups excluding carboxylic acids is 3. The fourth-order valence-electron chi connectivity index (χ4n) is 3.29. The molecule has 0 spiro atoms. The Balaban J connectivity index is 2.52. The molecule has 8 heteroatoms. The van der Waals surface area contributed by atoms with Crippen molar-refractivity contribution < 1.29 is 28.6 Å². The highest BCUT2D eigenvalue weighted by Gasteiger charge is 2.41. The molecule has 2 rings (SSSR count). The van der Waals surface area contributed by atoms with Crippen molar-refractivity contribution in [3.05, 3.63) is 83.4 Å². The summed E-state index contributed by atoms with van der Waals surface area (Å²) in [5.74, 6) is -1.52. The van der Waals surface area contributed by atoms with Gasteiger partial charge in [-0.25, -0.2) is 14.4 Å². The van der Waals surface area contributed by atoms with Gasteiger partial charge in [0.2, 0.25) is 0 Å². The summed E-state index contributed by atoms with van der Waals surface area (Å²) in [6.07, 6.45) is 1.33. The minimum absolute atomic E-state index is 0.0596. The summed E-state index contributed by atoms with van der Waals surface area (Å²) in [4.78, 5) is 39.1. The summed E-state index contributed by atoms with van der Waals surface area (Å²) in [6, 6.07) is 17.7. The van der Waals surface area contributed by atoms with E-state index in [1.54, 1.807) is 77.9 Å². The van der Waals surface area contributed by atoms with Gasteiger partial charge in [0.05, 0.1) is 11.6 Å². The average Bonchev–Trinajstić information content (AvgIpc) is 2.79. The van der Waals surface area contributed by atoms with Gasteiger partial charge in [0.1, 0.15) is 17.8 Å². The van der Waals surface area contributed by atoms with Crippen molar-refractivity contribution in [1.29, 1.82) is 5.26 Å². The first-order chi connectivity index (χ1) is 17.2. The third kappa shape index (κ3) is 10.2. The molecular formula is C29H34N2O6. The number of esters is 2. The van der Waals surface area contributed by atoms with Crippen LogP contribution < -0.4 is 5.32 Å². The molecule has 0 unspecified atom stereocenters. The van der Waals surface area contributed by atoms with Gasteiger partial charge in [-0.15, -0.1) is 0 Å². The van der Waals surface area contributed by atoms with Crippen LogP contribution in [-0.2, 0) is 36.8 Å². The first-order valence-corrected chi connectivity index (χ1v) is 11.8. The molecule has 0 bridgehead atoms. The van der Waals surface area contributed by atoms with E-state index in [2.05, 4.69) is 11.4 Å². The lowest BCUT2D eigenvalue weighted by atomic mass is 9.89. The van der Waals surface area contributed by atoms with Gasteiger partial charge in [-0.3, -0.25) is 0 Å². The highest BCUT2D eigenvalue weighted by molar-refractivity contribution is 5.91. The maximum atomic E-state index is 13.6. The lowest BCUT2D eigenvalue weighted by Crippen LogP contribution is -2.56. The molecule has 1 N–H and O–H groups in total. The standard InChI is InChI=1S/C29H34N2O6/c1-27(2,3)36-24(32)15-16-29(31-26(34)37-28(4,5)6,18-22-13-10-14-23(17-22)19-30)25(33)35-20-21-11-8-7-9-12-21/h7-17H,18,20H2,1-6H3,(H,31,34)/b16-15+/t29-/m0/s1. The van der Waals surface area contributed by atoms with Gasteiger partial charge >= 0.3 is 18.0 Å². The van der Waals surface area contributed by atoms with E-state index in [-0.39, 0.29) is 13.0 Å². The van der Waals surface area contributed by atoms with E-state index >= 15 is 0 Å². The first-order valence-electron chi connectivity index (χ1n) is 11.8. The Bertz CT molecular complexity index is 1170. The lowest BCUT2D eigenvalue weighted by molar-refractivity contribution is -0.151. The zero-order valence-corrected chi connectivity index (χ0v) is 22.2. The number of alkyl carbamates (subject to hydrolysis) is 1. The molecule has 0 aromatic heterocycles. The van der Waals surface area contributed by atoms with Crippen molar-refractivity contribution in [2.75, 3.05) is 0 Å². The van der Waals surface area contributed by atoms with Crippen molar-refractivity contribution in [3.63, 3.8) is 0 Å². The molecule has 2 aromatic rings. The topological polar surface area (TPSA) is 115 Å². The smallest absolute Gasteiger partial charge is 0.408 e. The number of ether oxygens (including phenoxy) is 3. The molecule has 2 aromatic carbocycles. The number of nitrogens with zero attached hydrogens (tertiary/aromatic N) is 1. The summed E-state index contributed by atoms with van der Waals surface area (Å²) in [6.45, 7) is 10.2. The maximum Gasteiger partial charge on any atom is 0.408 e. The molecule has 1 amide bonds. The van der Waals surface area contributed by atoms with Crippen molar-refractivity contribution >= 4 is 18.0 Å². The summed E-state index contributed by atoms with van der Waals surface area (Å²) >= 11 is 0. The fourth-order valence-corrected chi connectivity index (χ4v) is 3.29. The molecule has 0 heterocycles. The van der Waals surface area contributed by atoms with Gasteiger partial charge in [-0.05, 0) is 70.9 Å². The number of hydrogen-bond donors (Lipinski definition) is 1. The number of nitriles is 1. The van der Waals surface area contributed by atoms with E-state index in [0.29, 0.717) is 11.1 Å². The number of nitrogens with one attached hydrogen (secondary N) is 1. The molecule has 8 nitrogen and oxygen atoms in total. The normalized spacial score (nSPS) is 13.2. The minimum atomic E-state index is -1.85. The largest absolute Gasteiger partial charge is 0.459 e. The molecule has 196 valence electrons. The van der Waals surface area contributed by atoms with Crippen LogP contribution in [0.5, 0.6) is 0 Å². The Hall–Kier alpha value is -4.12. The number of benzene rings is 2. The van der Waals surface area contributed by atoms with E-state index < -0.39 is 34.8 Å². The second-order valence-electron chi connectivity index (χ2n) is 10.5. The zero-order valence-electron chi connectivity index (χ0n) is 22.2. The minimum Gasteiger partial charge on any atom is -0.459 e. The van der Waals surface area contributed by atoms with Gasteiger partial charge in [0.25, 0.3) is 0 Å². The van der Waals surface area contributed by atoms with Crippen molar-refractivity contribution in [2.24, 2.45) is 0 Å². The highest BCUT2D eigenvalue weighted by atomic mass is 16.6. The van der Waals surface area contributed by atoms with Crippen LogP contribution in [0.4, 0.5) is 4.79 Å². The molecule has 0 aliphatic heterocycles. The molecule has 0 fully saturated rings. The van der Waals surface area contributed by atoms with E-state index in [0.717, 1.165) is 11.6 Å². The molecule has 0 saturated heterocycles. The average molecular weight is 507 g/mol. The lowest BCUT2D eigenvalue weighted by Gasteiger charge is -2.31. The monoisotopic (exact) mass is 506 g/mol. The third-order valence-corrected chi connectivity index (χ3v) is 4.75. The third-order valence-electron chi connectivity index (χ3n) is 4.75. The van der Waals surface area contributed by atoms with Crippen LogP contribution in [-0.4, -0.2) is 34.8 Å². The van der Waals surface area contributed by atoms with Gasteiger partial charge in [0.15, 0.2) is 5.54 Å². The molecule has 0 aliphatic carbocycles. The van der Waals surface area contributed by atoms with Gasteiger partial charge < -0.3 is 19.5 Å². The van der Waals surface area contributed by atoms with Crippen LogP contribution in [0, 0.1) is 11.3 Å². The van der Waals surface area contributed by atoms with E-state index in [1.807, 2.05) is 18.2 Å². The highest BCUT2D eigenvalue weighted by Crippen LogP contribution is 2.22. The fraction of sp³-hybridized carbons (Fsp3) is 0.379. The second kappa shape index (κ2) is 12.2. The molecular weight excluding hydrogens is 472 g/mol. The number of rotatable bonds is 8. The summed E-state index contributed by atoms with van der Waals surface area (Å²) in [7, 11) is 0. The number of hydrogen-bond acceptors (Lipinski definition) is 7. The van der Waals surface area contributed by atoms with Crippen LogP contribution in [0.15, 0.2) is 66.7 Å². The number of amides is 1. The Morgan fingerprint density at radius 2 is 1.51 bits per heavy atom. The van der Waals surface area contributed by atoms with Crippen LogP contribution in [0.3, 0.4) is 0 Å². The van der Waals surface area contributed by atoms with Gasteiger partial charge in [-0.1, -0.05) is 42.5 Å². The summed E-state index contributed by atoms with van der Waals surface area (Å²) in [5, 5.41) is 11.9. The Morgan fingerprint density at radius 3 is 2.11 bits per heavy atom. The van der Waals surface area contributed by atoms with E-state index in [1.165, 1.54) is 6.08 Å². The molecule has 37 heavy (non-hydrogen) atoms. The summed E-state index contributed by atoms with van der Waals surface area (Å²) in [5.41, 5.74) is -1.79. The Labute approximate surface area is 218 Å². The van der Waals surface area contributed by atoms with Crippen LogP contribution in [0.1, 0.15) is 58.2 Å².